The number of rotatable bonds is 3. The maximum absolute atomic E-state index is 5.77. The molecule has 2 rings (SSSR count). The molecule has 4 heteroatoms. The lowest BCUT2D eigenvalue weighted by Gasteiger charge is -2.38. The Balaban J connectivity index is 2.05. The van der Waals surface area contributed by atoms with Crippen molar-refractivity contribution in [1.82, 2.24) is 9.88 Å². The molecule has 0 radical (unpaired) electrons. The van der Waals surface area contributed by atoms with E-state index in [4.69, 9.17) is 5.73 Å². The molecule has 1 aromatic heterocycles. The topological polar surface area (TPSA) is 45.4 Å². The fourth-order valence-corrected chi connectivity index (χ4v) is 2.35. The van der Waals surface area contributed by atoms with E-state index in [1.165, 1.54) is 11.3 Å². The fourth-order valence-electron chi connectivity index (χ4n) is 2.35. The number of piperazine rings is 1. The van der Waals surface area contributed by atoms with Crippen LogP contribution in [-0.2, 0) is 6.54 Å². The predicted molar refractivity (Wildman–Crippen MR) is 71.1 cm³/mol. The lowest BCUT2D eigenvalue weighted by Crippen LogP contribution is -2.49. The van der Waals surface area contributed by atoms with E-state index in [0.29, 0.717) is 12.6 Å². The minimum atomic E-state index is 0.586. The highest BCUT2D eigenvalue weighted by Crippen LogP contribution is 2.20. The van der Waals surface area contributed by atoms with Crippen LogP contribution in [0.3, 0.4) is 0 Å². The molecule has 1 saturated heterocycles. The van der Waals surface area contributed by atoms with Crippen molar-refractivity contribution in [2.24, 2.45) is 5.73 Å². The van der Waals surface area contributed by atoms with E-state index < -0.39 is 0 Å². The molecule has 0 atom stereocenters. The van der Waals surface area contributed by atoms with Crippen LogP contribution >= 0.6 is 0 Å². The highest BCUT2D eigenvalue weighted by molar-refractivity contribution is 5.52. The Morgan fingerprint density at radius 1 is 1.29 bits per heavy atom. The van der Waals surface area contributed by atoms with Crippen molar-refractivity contribution in [3.05, 3.63) is 24.0 Å². The third kappa shape index (κ3) is 2.76. The summed E-state index contributed by atoms with van der Waals surface area (Å²) in [5.74, 6) is 0. The lowest BCUT2D eigenvalue weighted by molar-refractivity contribution is 0.209. The van der Waals surface area contributed by atoms with Crippen molar-refractivity contribution >= 4 is 5.69 Å². The summed E-state index contributed by atoms with van der Waals surface area (Å²) < 4.78 is 0. The van der Waals surface area contributed by atoms with Gasteiger partial charge in [0.15, 0.2) is 0 Å². The van der Waals surface area contributed by atoms with Gasteiger partial charge in [-0.15, -0.1) is 0 Å². The molecule has 2 N–H and O–H groups in total. The van der Waals surface area contributed by atoms with Crippen LogP contribution in [0.2, 0.25) is 0 Å². The Bertz CT molecular complexity index is 356. The van der Waals surface area contributed by atoms with Crippen LogP contribution < -0.4 is 10.6 Å². The predicted octanol–water partition coefficient (Wildman–Crippen LogP) is 1.07. The van der Waals surface area contributed by atoms with Crippen LogP contribution in [0.15, 0.2) is 18.5 Å². The highest BCUT2D eigenvalue weighted by atomic mass is 15.3. The average molecular weight is 234 g/mol. The van der Waals surface area contributed by atoms with Crippen LogP contribution in [0.1, 0.15) is 19.4 Å². The first-order chi connectivity index (χ1) is 8.22. The number of nitrogens with zero attached hydrogens (tertiary/aromatic N) is 3. The zero-order chi connectivity index (χ0) is 12.3. The zero-order valence-electron chi connectivity index (χ0n) is 10.8. The normalized spacial score (nSPS) is 17.8. The monoisotopic (exact) mass is 234 g/mol. The van der Waals surface area contributed by atoms with Crippen molar-refractivity contribution < 1.29 is 0 Å². The first-order valence-electron chi connectivity index (χ1n) is 6.34. The van der Waals surface area contributed by atoms with Gasteiger partial charge in [-0.05, 0) is 25.5 Å². The summed E-state index contributed by atoms with van der Waals surface area (Å²) in [5, 5.41) is 0. The molecule has 0 aliphatic carbocycles. The number of pyridine rings is 1. The summed E-state index contributed by atoms with van der Waals surface area (Å²) in [4.78, 5) is 9.12. The average Bonchev–Trinajstić information content (AvgIpc) is 2.39. The molecule has 1 aliphatic heterocycles. The minimum absolute atomic E-state index is 0.586. The molecule has 0 unspecified atom stereocenters. The Kier molecular flexibility index (Phi) is 3.97. The van der Waals surface area contributed by atoms with E-state index in [1.54, 1.807) is 0 Å². The number of hydrogen-bond acceptors (Lipinski definition) is 4. The van der Waals surface area contributed by atoms with E-state index in [1.807, 2.05) is 18.5 Å². The Labute approximate surface area is 103 Å². The van der Waals surface area contributed by atoms with E-state index in [2.05, 4.69) is 28.6 Å². The number of anilines is 1. The highest BCUT2D eigenvalue weighted by Gasteiger charge is 2.20. The third-order valence-electron chi connectivity index (χ3n) is 3.49. The van der Waals surface area contributed by atoms with Crippen molar-refractivity contribution in [2.75, 3.05) is 31.1 Å². The molecule has 1 aromatic rings. The SMILES string of the molecule is CC(C)N1CCN(c2cnccc2CN)CC1. The summed E-state index contributed by atoms with van der Waals surface area (Å²) in [6.07, 6.45) is 3.75. The van der Waals surface area contributed by atoms with Gasteiger partial charge in [0.1, 0.15) is 0 Å². The first kappa shape index (κ1) is 12.3. The van der Waals surface area contributed by atoms with Gasteiger partial charge < -0.3 is 10.6 Å². The second-order valence-electron chi connectivity index (χ2n) is 4.83. The van der Waals surface area contributed by atoms with Gasteiger partial charge in [0.05, 0.1) is 11.9 Å². The van der Waals surface area contributed by atoms with Gasteiger partial charge in [-0.3, -0.25) is 9.88 Å². The first-order valence-corrected chi connectivity index (χ1v) is 6.34. The van der Waals surface area contributed by atoms with Gasteiger partial charge in [0.2, 0.25) is 0 Å². The van der Waals surface area contributed by atoms with Crippen molar-refractivity contribution in [3.63, 3.8) is 0 Å². The molecule has 94 valence electrons. The number of aromatic nitrogens is 1. The maximum Gasteiger partial charge on any atom is 0.0599 e. The molecular formula is C13H22N4. The van der Waals surface area contributed by atoms with Crippen LogP contribution in [0.4, 0.5) is 5.69 Å². The lowest BCUT2D eigenvalue weighted by atomic mass is 10.1. The molecule has 4 nitrogen and oxygen atoms in total. The molecule has 0 bridgehead atoms. The van der Waals surface area contributed by atoms with Gasteiger partial charge in [-0.25, -0.2) is 0 Å². The second-order valence-corrected chi connectivity index (χ2v) is 4.83. The summed E-state index contributed by atoms with van der Waals surface area (Å²) in [6.45, 7) is 9.47. The quantitative estimate of drug-likeness (QED) is 0.850. The second kappa shape index (κ2) is 5.47. The molecule has 2 heterocycles. The largest absolute Gasteiger partial charge is 0.367 e. The molecule has 0 amide bonds. The zero-order valence-corrected chi connectivity index (χ0v) is 10.8. The molecule has 17 heavy (non-hydrogen) atoms. The fraction of sp³-hybridized carbons (Fsp3) is 0.615. The summed E-state index contributed by atoms with van der Waals surface area (Å²) >= 11 is 0. The van der Waals surface area contributed by atoms with E-state index in [-0.39, 0.29) is 0 Å². The van der Waals surface area contributed by atoms with Crippen LogP contribution in [-0.4, -0.2) is 42.1 Å². The summed E-state index contributed by atoms with van der Waals surface area (Å²) in [5.41, 5.74) is 8.17. The Morgan fingerprint density at radius 3 is 2.59 bits per heavy atom. The molecule has 0 spiro atoms. The summed E-state index contributed by atoms with van der Waals surface area (Å²) in [7, 11) is 0. The smallest absolute Gasteiger partial charge is 0.0599 e. The van der Waals surface area contributed by atoms with Crippen LogP contribution in [0, 0.1) is 0 Å². The van der Waals surface area contributed by atoms with Crippen LogP contribution in [0.25, 0.3) is 0 Å². The van der Waals surface area contributed by atoms with Gasteiger partial charge in [-0.1, -0.05) is 0 Å². The molecule has 0 aromatic carbocycles. The molecular weight excluding hydrogens is 212 g/mol. The van der Waals surface area contributed by atoms with Crippen molar-refractivity contribution in [3.8, 4) is 0 Å². The third-order valence-corrected chi connectivity index (χ3v) is 3.49. The van der Waals surface area contributed by atoms with Gasteiger partial charge >= 0.3 is 0 Å². The van der Waals surface area contributed by atoms with Crippen molar-refractivity contribution in [1.29, 1.82) is 0 Å². The Morgan fingerprint density at radius 2 is 2.00 bits per heavy atom. The number of nitrogens with two attached hydrogens (primary N) is 1. The van der Waals surface area contributed by atoms with E-state index in [9.17, 15) is 0 Å². The molecule has 1 aliphatic rings. The van der Waals surface area contributed by atoms with E-state index in [0.717, 1.165) is 26.2 Å². The van der Waals surface area contributed by atoms with Crippen LogP contribution in [0.5, 0.6) is 0 Å². The summed E-state index contributed by atoms with van der Waals surface area (Å²) in [6, 6.07) is 2.66. The standard InChI is InChI=1S/C13H22N4/c1-11(2)16-5-7-17(8-6-16)13-10-15-4-3-12(13)9-14/h3-4,10-11H,5-9,14H2,1-2H3. The molecule has 1 fully saturated rings. The number of hydrogen-bond donors (Lipinski definition) is 1. The maximum atomic E-state index is 5.77. The van der Waals surface area contributed by atoms with Crippen molar-refractivity contribution in [2.45, 2.75) is 26.4 Å². The van der Waals surface area contributed by atoms with Gasteiger partial charge in [-0.2, -0.15) is 0 Å². The molecule has 0 saturated carbocycles. The minimum Gasteiger partial charge on any atom is -0.367 e. The Hall–Kier alpha value is -1.13. The van der Waals surface area contributed by atoms with Gasteiger partial charge in [0.25, 0.3) is 0 Å². The van der Waals surface area contributed by atoms with E-state index >= 15 is 0 Å². The van der Waals surface area contributed by atoms with Gasteiger partial charge in [0, 0.05) is 45.0 Å².